The smallest absolute Gasteiger partial charge is 0.211 e. The van der Waals surface area contributed by atoms with Gasteiger partial charge in [0.1, 0.15) is 18.2 Å². The Hall–Kier alpha value is -4.37. The van der Waals surface area contributed by atoms with Crippen molar-refractivity contribution in [3.05, 3.63) is 94.5 Å². The zero-order valence-electron chi connectivity index (χ0n) is 17.8. The Morgan fingerprint density at radius 2 is 1.88 bits per heavy atom. The van der Waals surface area contributed by atoms with Crippen LogP contribution in [0.5, 0.6) is 17.2 Å². The zero-order chi connectivity index (χ0) is 23.7. The predicted molar refractivity (Wildman–Crippen MR) is 130 cm³/mol. The number of hydrogen-bond acceptors (Lipinski definition) is 7. The Kier molecular flexibility index (Phi) is 5.60. The van der Waals surface area contributed by atoms with Crippen molar-refractivity contribution in [3.8, 4) is 28.5 Å². The van der Waals surface area contributed by atoms with Crippen LogP contribution in [0.4, 0.5) is 15.8 Å². The second-order valence-electron chi connectivity index (χ2n) is 7.52. The third-order valence-corrected chi connectivity index (χ3v) is 5.86. The van der Waals surface area contributed by atoms with Crippen molar-refractivity contribution in [2.24, 2.45) is 10.1 Å². The van der Waals surface area contributed by atoms with E-state index >= 15 is 0 Å². The van der Waals surface area contributed by atoms with E-state index in [-0.39, 0.29) is 17.3 Å². The molecule has 170 valence electrons. The van der Waals surface area contributed by atoms with Gasteiger partial charge in [-0.2, -0.15) is 5.10 Å². The highest BCUT2D eigenvalue weighted by molar-refractivity contribution is 7.07. The van der Waals surface area contributed by atoms with E-state index in [1.54, 1.807) is 29.1 Å². The minimum atomic E-state index is -0.339. The van der Waals surface area contributed by atoms with Crippen LogP contribution in [0.3, 0.4) is 0 Å². The lowest BCUT2D eigenvalue weighted by Crippen LogP contribution is -2.15. The van der Waals surface area contributed by atoms with E-state index < -0.39 is 0 Å². The number of thiazole rings is 1. The van der Waals surface area contributed by atoms with Crippen LogP contribution in [0.15, 0.2) is 88.4 Å². The minimum absolute atomic E-state index is 0.210. The van der Waals surface area contributed by atoms with Gasteiger partial charge in [0.05, 0.1) is 23.3 Å². The first-order valence-corrected chi connectivity index (χ1v) is 11.1. The second kappa shape index (κ2) is 8.87. The number of benzene rings is 3. The van der Waals surface area contributed by atoms with Crippen molar-refractivity contribution in [1.29, 1.82) is 0 Å². The third-order valence-electron chi connectivity index (χ3n) is 5.05. The van der Waals surface area contributed by atoms with E-state index in [2.05, 4.69) is 22.0 Å². The molecule has 3 aromatic carbocycles. The summed E-state index contributed by atoms with van der Waals surface area (Å²) in [6, 6.07) is 16.1. The normalized spacial score (nSPS) is 13.6. The number of halogens is 1. The second-order valence-corrected chi connectivity index (χ2v) is 8.36. The molecule has 5 rings (SSSR count). The lowest BCUT2D eigenvalue weighted by atomic mass is 10.1. The first-order valence-electron chi connectivity index (χ1n) is 10.3. The van der Waals surface area contributed by atoms with E-state index in [4.69, 9.17) is 4.74 Å². The van der Waals surface area contributed by atoms with Crippen LogP contribution in [0, 0.1) is 5.82 Å². The summed E-state index contributed by atoms with van der Waals surface area (Å²) in [5, 5.41) is 29.1. The van der Waals surface area contributed by atoms with Gasteiger partial charge in [-0.05, 0) is 66.2 Å². The molecule has 0 saturated heterocycles. The predicted octanol–water partition coefficient (Wildman–Crippen LogP) is 5.20. The molecule has 4 aromatic rings. The summed E-state index contributed by atoms with van der Waals surface area (Å²) in [6.45, 7) is 4.34. The molecular formula is C25H19FN4O3S. The van der Waals surface area contributed by atoms with Crippen molar-refractivity contribution < 1.29 is 19.3 Å². The number of nitrogens with one attached hydrogen (secondary N) is 1. The third kappa shape index (κ3) is 4.41. The van der Waals surface area contributed by atoms with Crippen molar-refractivity contribution in [1.82, 2.24) is 4.68 Å². The van der Waals surface area contributed by atoms with Crippen LogP contribution in [0.25, 0.3) is 11.3 Å². The summed E-state index contributed by atoms with van der Waals surface area (Å²) in [7, 11) is 0. The number of anilines is 1. The molecule has 7 nitrogen and oxygen atoms in total. The van der Waals surface area contributed by atoms with Crippen LogP contribution in [-0.4, -0.2) is 27.7 Å². The summed E-state index contributed by atoms with van der Waals surface area (Å²) in [5.41, 5.74) is 4.37. The molecule has 0 radical (unpaired) electrons. The van der Waals surface area contributed by atoms with Gasteiger partial charge < -0.3 is 20.3 Å². The zero-order valence-corrected chi connectivity index (χ0v) is 18.6. The highest BCUT2D eigenvalue weighted by atomic mass is 32.1. The molecule has 1 aliphatic heterocycles. The number of phenolic OH excluding ortho intramolecular Hbond substituents is 2. The SMILES string of the molecule is C=C1COc2ccc(-c3cs/c(=N\c4ccc(F)cc4)n3/N=C/c3ccc(O)c(O)c3)cc2N1. The Labute approximate surface area is 198 Å². The maximum absolute atomic E-state index is 13.3. The van der Waals surface area contributed by atoms with Crippen molar-refractivity contribution in [2.45, 2.75) is 0 Å². The van der Waals surface area contributed by atoms with Gasteiger partial charge in [-0.25, -0.2) is 14.1 Å². The topological polar surface area (TPSA) is 91.4 Å². The van der Waals surface area contributed by atoms with Gasteiger partial charge >= 0.3 is 0 Å². The molecule has 0 saturated carbocycles. The van der Waals surface area contributed by atoms with Gasteiger partial charge in [0.2, 0.25) is 4.80 Å². The van der Waals surface area contributed by atoms with Crippen molar-refractivity contribution >= 4 is 28.9 Å². The van der Waals surface area contributed by atoms with Gasteiger partial charge in [0, 0.05) is 16.6 Å². The number of aromatic hydroxyl groups is 2. The van der Waals surface area contributed by atoms with Crippen LogP contribution in [0.1, 0.15) is 5.56 Å². The van der Waals surface area contributed by atoms with E-state index in [0.29, 0.717) is 22.7 Å². The molecular weight excluding hydrogens is 455 g/mol. The fourth-order valence-electron chi connectivity index (χ4n) is 3.36. The fraction of sp³-hybridized carbons (Fsp3) is 0.0400. The molecule has 2 heterocycles. The van der Waals surface area contributed by atoms with Gasteiger partial charge in [-0.1, -0.05) is 6.58 Å². The van der Waals surface area contributed by atoms with Crippen molar-refractivity contribution in [2.75, 3.05) is 11.9 Å². The molecule has 0 bridgehead atoms. The molecule has 9 heteroatoms. The molecule has 1 aliphatic rings. The summed E-state index contributed by atoms with van der Waals surface area (Å²) >= 11 is 1.38. The summed E-state index contributed by atoms with van der Waals surface area (Å²) in [4.78, 5) is 5.19. The average Bonchev–Trinajstić information content (AvgIpc) is 3.23. The summed E-state index contributed by atoms with van der Waals surface area (Å²) in [6.07, 6.45) is 1.56. The Morgan fingerprint density at radius 1 is 1.06 bits per heavy atom. The van der Waals surface area contributed by atoms with Crippen LogP contribution in [0.2, 0.25) is 0 Å². The minimum Gasteiger partial charge on any atom is -0.504 e. The number of fused-ring (bicyclic) bond motifs is 1. The lowest BCUT2D eigenvalue weighted by Gasteiger charge is -2.21. The largest absolute Gasteiger partial charge is 0.504 e. The Morgan fingerprint density at radius 3 is 2.68 bits per heavy atom. The van der Waals surface area contributed by atoms with Gasteiger partial charge in [-0.3, -0.25) is 0 Å². The number of aromatic nitrogens is 1. The van der Waals surface area contributed by atoms with Crippen LogP contribution in [-0.2, 0) is 0 Å². The number of rotatable bonds is 4. The number of phenols is 2. The maximum Gasteiger partial charge on any atom is 0.211 e. The van der Waals surface area contributed by atoms with E-state index in [1.165, 1.54) is 35.6 Å². The van der Waals surface area contributed by atoms with Gasteiger partial charge in [-0.15, -0.1) is 11.3 Å². The molecule has 0 aliphatic carbocycles. The monoisotopic (exact) mass is 474 g/mol. The maximum atomic E-state index is 13.3. The fourth-order valence-corrected chi connectivity index (χ4v) is 4.22. The molecule has 0 spiro atoms. The Bertz CT molecular complexity index is 1490. The van der Waals surface area contributed by atoms with Crippen molar-refractivity contribution in [3.63, 3.8) is 0 Å². The summed E-state index contributed by atoms with van der Waals surface area (Å²) in [5.74, 6) is -0.0541. The lowest BCUT2D eigenvalue weighted by molar-refractivity contribution is 0.346. The molecule has 0 fully saturated rings. The molecule has 0 amide bonds. The highest BCUT2D eigenvalue weighted by Crippen LogP contribution is 2.34. The number of nitrogens with zero attached hydrogens (tertiary/aromatic N) is 3. The van der Waals surface area contributed by atoms with Gasteiger partial charge in [0.25, 0.3) is 0 Å². The van der Waals surface area contributed by atoms with E-state index in [1.807, 2.05) is 23.6 Å². The first kappa shape index (κ1) is 21.5. The van der Waals surface area contributed by atoms with Crippen LogP contribution >= 0.6 is 11.3 Å². The standard InChI is InChI=1S/C25H19FN4O3S/c1-15-13-33-24-9-3-17(11-20(24)28-15)21-14-34-25(29-19-6-4-18(26)5-7-19)30(21)27-12-16-2-8-22(31)23(32)10-16/h2-12,14,28,31-32H,1,13H2/b27-12+,29-25-. The molecule has 1 aromatic heterocycles. The number of hydrogen-bond donors (Lipinski definition) is 3. The highest BCUT2D eigenvalue weighted by Gasteiger charge is 2.15. The first-order chi connectivity index (χ1) is 16.5. The quantitative estimate of drug-likeness (QED) is 0.280. The number of ether oxygens (including phenoxy) is 1. The molecule has 3 N–H and O–H groups in total. The average molecular weight is 475 g/mol. The van der Waals surface area contributed by atoms with Gasteiger partial charge in [0.15, 0.2) is 11.5 Å². The van der Waals surface area contributed by atoms with E-state index in [0.717, 1.165) is 28.4 Å². The van der Waals surface area contributed by atoms with Crippen LogP contribution < -0.4 is 14.9 Å². The molecule has 0 atom stereocenters. The Balaban J connectivity index is 1.62. The van der Waals surface area contributed by atoms with E-state index in [9.17, 15) is 14.6 Å². The molecule has 0 unspecified atom stereocenters. The summed E-state index contributed by atoms with van der Waals surface area (Å²) < 4.78 is 20.7. The molecule has 34 heavy (non-hydrogen) atoms.